The fraction of sp³-hybridized carbons (Fsp3) is 0.182. The zero-order chi connectivity index (χ0) is 43.3. The van der Waals surface area contributed by atoms with Crippen LogP contribution in [0.5, 0.6) is 0 Å². The Bertz CT molecular complexity index is 2320. The fourth-order valence-electron chi connectivity index (χ4n) is 5.70. The molecule has 0 radical (unpaired) electrons. The van der Waals surface area contributed by atoms with Gasteiger partial charge in [-0.15, -0.1) is 0 Å². The number of anilines is 4. The maximum Gasteiger partial charge on any atom is 0.258 e. The van der Waals surface area contributed by atoms with Gasteiger partial charge in [0.05, 0.1) is 10.0 Å². The van der Waals surface area contributed by atoms with Crippen molar-refractivity contribution in [3.63, 3.8) is 0 Å². The van der Waals surface area contributed by atoms with Crippen LogP contribution in [0.15, 0.2) is 130 Å². The lowest BCUT2D eigenvalue weighted by molar-refractivity contribution is -0.127. The van der Waals surface area contributed by atoms with Crippen molar-refractivity contribution >= 4 is 92.5 Å². The minimum atomic E-state index is -1.56. The Balaban J connectivity index is 1.31. The summed E-state index contributed by atoms with van der Waals surface area (Å²) < 4.78 is 0. The number of rotatable bonds is 16. The molecule has 0 aromatic heterocycles. The highest BCUT2D eigenvalue weighted by atomic mass is 35.5. The fourth-order valence-corrected chi connectivity index (χ4v) is 6.01. The summed E-state index contributed by atoms with van der Waals surface area (Å²) in [4.78, 5) is 78.2. The van der Waals surface area contributed by atoms with Gasteiger partial charge >= 0.3 is 0 Å². The van der Waals surface area contributed by atoms with E-state index in [1.807, 2.05) is 26.0 Å². The second kappa shape index (κ2) is 20.7. The summed E-state index contributed by atoms with van der Waals surface area (Å²) in [5.41, 5.74) is 3.69. The zero-order valence-electron chi connectivity index (χ0n) is 33.0. The molecule has 0 fully saturated rings. The van der Waals surface area contributed by atoms with Gasteiger partial charge in [0.25, 0.3) is 23.6 Å². The Morgan fingerprint density at radius 1 is 0.517 bits per heavy atom. The van der Waals surface area contributed by atoms with Gasteiger partial charge in [0, 0.05) is 33.9 Å². The second-order valence-electron chi connectivity index (χ2n) is 13.3. The summed E-state index contributed by atoms with van der Waals surface area (Å²) >= 11 is 12.7. The highest BCUT2D eigenvalue weighted by Gasteiger charge is 2.27. The highest BCUT2D eigenvalue weighted by Crippen LogP contribution is 2.31. The molecule has 16 heteroatoms. The number of carbonyl (C=O) groups is 6. The average molecular weight is 848 g/mol. The van der Waals surface area contributed by atoms with E-state index in [1.54, 1.807) is 60.7 Å². The topological polar surface area (TPSA) is 200 Å². The number of hydrogen-bond donors (Lipinski definition) is 4. The van der Waals surface area contributed by atoms with Crippen LogP contribution in [0.2, 0.25) is 10.0 Å². The van der Waals surface area contributed by atoms with Crippen LogP contribution in [0.3, 0.4) is 0 Å². The van der Waals surface area contributed by atoms with Crippen LogP contribution in [0.25, 0.3) is 0 Å². The number of amides is 4. The van der Waals surface area contributed by atoms with Crippen molar-refractivity contribution < 1.29 is 28.8 Å². The van der Waals surface area contributed by atoms with E-state index in [0.29, 0.717) is 46.7 Å². The van der Waals surface area contributed by atoms with Gasteiger partial charge in [-0.1, -0.05) is 73.4 Å². The number of nitrogens with zero attached hydrogens (tertiary/aromatic N) is 4. The van der Waals surface area contributed by atoms with Crippen LogP contribution in [0, 0.1) is 0 Å². The molecule has 0 bridgehead atoms. The Hall–Kier alpha value is -6.90. The largest absolute Gasteiger partial charge is 0.323 e. The van der Waals surface area contributed by atoms with E-state index >= 15 is 0 Å². The number of para-hydroxylation sites is 2. The Morgan fingerprint density at radius 2 is 0.883 bits per heavy atom. The van der Waals surface area contributed by atoms with Gasteiger partial charge in [-0.25, -0.2) is 0 Å². The monoisotopic (exact) mass is 846 g/mol. The molecule has 4 amide bonds. The molecule has 0 aliphatic carbocycles. The van der Waals surface area contributed by atoms with E-state index in [4.69, 9.17) is 23.2 Å². The summed E-state index contributed by atoms with van der Waals surface area (Å²) in [6, 6.07) is 26.6. The van der Waals surface area contributed by atoms with Gasteiger partial charge in [0.1, 0.15) is 11.4 Å². The number of aryl methyl sites for hydroxylation is 2. The van der Waals surface area contributed by atoms with Crippen molar-refractivity contribution in [3.8, 4) is 0 Å². The third kappa shape index (κ3) is 11.6. The van der Waals surface area contributed by atoms with Crippen molar-refractivity contribution in [3.05, 3.63) is 141 Å². The molecule has 5 rings (SSSR count). The Kier molecular flexibility index (Phi) is 15.2. The van der Waals surface area contributed by atoms with Gasteiger partial charge in [0.2, 0.25) is 12.1 Å². The Morgan fingerprint density at radius 3 is 1.22 bits per heavy atom. The second-order valence-corrected chi connectivity index (χ2v) is 14.1. The van der Waals surface area contributed by atoms with Crippen LogP contribution < -0.4 is 21.3 Å². The summed E-state index contributed by atoms with van der Waals surface area (Å²) in [6.45, 7) is 6.05. The normalized spacial score (nSPS) is 12.1. The number of halogens is 2. The van der Waals surface area contributed by atoms with E-state index in [9.17, 15) is 28.8 Å². The molecule has 4 N–H and O–H groups in total. The predicted molar refractivity (Wildman–Crippen MR) is 232 cm³/mol. The maximum atomic E-state index is 13.5. The summed E-state index contributed by atoms with van der Waals surface area (Å²) in [7, 11) is 0. The van der Waals surface area contributed by atoms with Gasteiger partial charge in [-0.3, -0.25) is 28.8 Å². The molecule has 0 saturated heterocycles. The highest BCUT2D eigenvalue weighted by molar-refractivity contribution is 6.33. The molecule has 5 aromatic rings. The van der Waals surface area contributed by atoms with Crippen molar-refractivity contribution in [2.24, 2.45) is 20.5 Å². The third-order valence-electron chi connectivity index (χ3n) is 8.92. The van der Waals surface area contributed by atoms with E-state index in [0.717, 1.165) is 0 Å². The first-order chi connectivity index (χ1) is 28.8. The average Bonchev–Trinajstić information content (AvgIpc) is 3.22. The van der Waals surface area contributed by atoms with Crippen LogP contribution in [-0.2, 0) is 32.0 Å². The first-order valence-electron chi connectivity index (χ1n) is 18.7. The molecular formula is C44H40Cl2N8O6. The molecule has 0 aliphatic heterocycles. The summed E-state index contributed by atoms with van der Waals surface area (Å²) in [5.74, 6) is -3.59. The standard InChI is InChI=1S/C44H40Cl2N8O6/c1-5-27-21-36(50-44(60)40(26(4)56)54-52-38-24-30(18-20-34(38)46)42(58)48-32-15-11-8-12-16-32)28(6-2)22-35(27)49-43(59)39(25(3)55)53-51-37-23-29(17-19-33(37)45)41(57)47-31-13-9-7-10-14-31/h7-24,39-40H,5-6H2,1-4H3,(H,47,57)(H,48,58)(H,49,59)(H,50,60). The van der Waals surface area contributed by atoms with E-state index < -0.39 is 47.3 Å². The minimum absolute atomic E-state index is 0.0743. The maximum absolute atomic E-state index is 13.5. The van der Waals surface area contributed by atoms with Gasteiger partial charge in [-0.05, 0) is 111 Å². The molecule has 0 aliphatic rings. The number of benzene rings is 5. The predicted octanol–water partition coefficient (Wildman–Crippen LogP) is 9.98. The number of azo groups is 2. The van der Waals surface area contributed by atoms with E-state index in [-0.39, 0.29) is 32.5 Å². The van der Waals surface area contributed by atoms with Crippen molar-refractivity contribution in [2.45, 2.75) is 52.6 Å². The van der Waals surface area contributed by atoms with E-state index in [1.165, 1.54) is 50.2 Å². The van der Waals surface area contributed by atoms with Gasteiger partial charge in [0.15, 0.2) is 11.6 Å². The number of Topliss-reactive ketones (excluding diaryl/α,β-unsaturated/α-hetero) is 2. The van der Waals surface area contributed by atoms with Crippen LogP contribution in [-0.4, -0.2) is 47.3 Å². The molecular weight excluding hydrogens is 807 g/mol. The smallest absolute Gasteiger partial charge is 0.258 e. The summed E-state index contributed by atoms with van der Waals surface area (Å²) in [6.07, 6.45) is 0.787. The number of ketones is 2. The zero-order valence-corrected chi connectivity index (χ0v) is 34.5. The molecule has 5 aromatic carbocycles. The van der Waals surface area contributed by atoms with Gasteiger partial charge in [-0.2, -0.15) is 20.5 Å². The Labute approximate surface area is 355 Å². The molecule has 2 atom stereocenters. The number of hydrogen-bond acceptors (Lipinski definition) is 10. The minimum Gasteiger partial charge on any atom is -0.323 e. The molecule has 2 unspecified atom stereocenters. The first-order valence-corrected chi connectivity index (χ1v) is 19.5. The molecule has 60 heavy (non-hydrogen) atoms. The van der Waals surface area contributed by atoms with Gasteiger partial charge < -0.3 is 21.3 Å². The first kappa shape index (κ1) is 44.2. The summed E-state index contributed by atoms with van der Waals surface area (Å²) in [5, 5.41) is 27.5. The van der Waals surface area contributed by atoms with Crippen LogP contribution in [0.4, 0.5) is 34.1 Å². The lowest BCUT2D eigenvalue weighted by Crippen LogP contribution is -2.33. The number of nitrogens with one attached hydrogen (secondary N) is 4. The number of carbonyl (C=O) groups excluding carboxylic acids is 6. The van der Waals surface area contributed by atoms with Crippen molar-refractivity contribution in [1.82, 2.24) is 0 Å². The van der Waals surface area contributed by atoms with Crippen molar-refractivity contribution in [2.75, 3.05) is 21.3 Å². The third-order valence-corrected chi connectivity index (χ3v) is 9.55. The molecule has 14 nitrogen and oxygen atoms in total. The molecule has 306 valence electrons. The quantitative estimate of drug-likeness (QED) is 0.0562. The SMILES string of the molecule is CCc1cc(NC(=O)C(N=Nc2cc(C(=O)Nc3ccccc3)ccc2Cl)C(C)=O)c(CC)cc1NC(=O)C(N=Nc1cc(C(=O)Nc2ccccc2)ccc1Cl)C(C)=O. The molecule has 0 heterocycles. The van der Waals surface area contributed by atoms with E-state index in [2.05, 4.69) is 41.7 Å². The van der Waals surface area contributed by atoms with Crippen molar-refractivity contribution in [1.29, 1.82) is 0 Å². The van der Waals surface area contributed by atoms with Crippen LogP contribution >= 0.6 is 23.2 Å². The lowest BCUT2D eigenvalue weighted by Gasteiger charge is -2.18. The molecule has 0 spiro atoms. The molecule has 0 saturated carbocycles. The lowest BCUT2D eigenvalue weighted by atomic mass is 10.0. The van der Waals surface area contributed by atoms with Crippen LogP contribution in [0.1, 0.15) is 59.5 Å².